The molecule has 6 heteroatoms. The minimum Gasteiger partial charge on any atom is -0.469 e. The van der Waals surface area contributed by atoms with Gasteiger partial charge in [-0.25, -0.2) is 8.42 Å². The van der Waals surface area contributed by atoms with Gasteiger partial charge in [-0.15, -0.1) is 0 Å². The summed E-state index contributed by atoms with van der Waals surface area (Å²) in [6, 6.07) is 0. The average Bonchev–Trinajstić information content (AvgIpc) is 2.95. The van der Waals surface area contributed by atoms with Crippen LogP contribution in [0.3, 0.4) is 0 Å². The molecule has 0 amide bonds. The first-order valence-corrected chi connectivity index (χ1v) is 8.00. The van der Waals surface area contributed by atoms with Crippen molar-refractivity contribution in [2.75, 3.05) is 25.2 Å². The Hall–Kier alpha value is -0.620. The molecular weight excluding hydrogens is 256 g/mol. The van der Waals surface area contributed by atoms with Crippen molar-refractivity contribution in [3.63, 3.8) is 0 Å². The third-order valence-electron chi connectivity index (χ3n) is 3.08. The fraction of sp³-hybridized carbons (Fsp3) is 0.917. The van der Waals surface area contributed by atoms with Gasteiger partial charge in [0.2, 0.25) is 0 Å². The average molecular weight is 278 g/mol. The van der Waals surface area contributed by atoms with E-state index in [2.05, 4.69) is 4.74 Å². The predicted molar refractivity (Wildman–Crippen MR) is 68.0 cm³/mol. The first-order valence-electron chi connectivity index (χ1n) is 6.17. The molecule has 0 aromatic rings. The smallest absolute Gasteiger partial charge is 0.306 e. The minimum absolute atomic E-state index is 0.0219. The maximum absolute atomic E-state index is 11.9. The van der Waals surface area contributed by atoms with Crippen LogP contribution in [-0.4, -0.2) is 45.7 Å². The van der Waals surface area contributed by atoms with Crippen LogP contribution >= 0.6 is 0 Å². The summed E-state index contributed by atoms with van der Waals surface area (Å²) in [5, 5.41) is 0. The number of sulfone groups is 1. The van der Waals surface area contributed by atoms with Gasteiger partial charge in [0.25, 0.3) is 0 Å². The standard InChI is InChI=1S/C12H22O5S/c1-10(2)17-6-7-18(14,15)9-12(4-5-12)8-11(13)16-3/h10H,4-9H2,1-3H3. The second-order valence-corrected chi connectivity index (χ2v) is 7.45. The summed E-state index contributed by atoms with van der Waals surface area (Å²) < 4.78 is 33.6. The van der Waals surface area contributed by atoms with Gasteiger partial charge in [0.05, 0.1) is 37.7 Å². The second-order valence-electron chi connectivity index (χ2n) is 5.26. The number of esters is 1. The van der Waals surface area contributed by atoms with Crippen LogP contribution < -0.4 is 0 Å². The van der Waals surface area contributed by atoms with Crippen LogP contribution in [0.25, 0.3) is 0 Å². The van der Waals surface area contributed by atoms with Gasteiger partial charge in [0.15, 0.2) is 9.84 Å². The Morgan fingerprint density at radius 1 is 1.33 bits per heavy atom. The van der Waals surface area contributed by atoms with Crippen molar-refractivity contribution in [2.24, 2.45) is 5.41 Å². The van der Waals surface area contributed by atoms with E-state index in [1.165, 1.54) is 7.11 Å². The molecule has 0 aromatic carbocycles. The molecule has 0 aliphatic heterocycles. The summed E-state index contributed by atoms with van der Waals surface area (Å²) in [6.07, 6.45) is 1.80. The van der Waals surface area contributed by atoms with Crippen LogP contribution in [0.4, 0.5) is 0 Å². The van der Waals surface area contributed by atoms with Gasteiger partial charge in [-0.1, -0.05) is 0 Å². The van der Waals surface area contributed by atoms with E-state index in [1.54, 1.807) is 0 Å². The molecule has 5 nitrogen and oxygen atoms in total. The van der Waals surface area contributed by atoms with Crippen molar-refractivity contribution in [3.8, 4) is 0 Å². The molecule has 0 unspecified atom stereocenters. The lowest BCUT2D eigenvalue weighted by Crippen LogP contribution is -2.25. The van der Waals surface area contributed by atoms with Crippen molar-refractivity contribution < 1.29 is 22.7 Å². The van der Waals surface area contributed by atoms with E-state index in [4.69, 9.17) is 4.74 Å². The Kier molecular flexibility index (Phi) is 5.16. The highest BCUT2D eigenvalue weighted by Crippen LogP contribution is 2.50. The van der Waals surface area contributed by atoms with E-state index < -0.39 is 9.84 Å². The first-order chi connectivity index (χ1) is 8.29. The van der Waals surface area contributed by atoms with Crippen molar-refractivity contribution in [2.45, 2.75) is 39.2 Å². The van der Waals surface area contributed by atoms with Gasteiger partial charge in [-0.05, 0) is 32.1 Å². The molecule has 0 spiro atoms. The third kappa shape index (κ3) is 5.35. The van der Waals surface area contributed by atoms with E-state index in [1.807, 2.05) is 13.8 Å². The molecule has 0 N–H and O–H groups in total. The van der Waals surface area contributed by atoms with Gasteiger partial charge < -0.3 is 9.47 Å². The van der Waals surface area contributed by atoms with Gasteiger partial charge in [-0.2, -0.15) is 0 Å². The summed E-state index contributed by atoms with van der Waals surface area (Å²) >= 11 is 0. The number of hydrogen-bond acceptors (Lipinski definition) is 5. The normalized spacial score (nSPS) is 17.8. The molecule has 0 aromatic heterocycles. The van der Waals surface area contributed by atoms with Crippen molar-refractivity contribution in [1.29, 1.82) is 0 Å². The maximum Gasteiger partial charge on any atom is 0.306 e. The van der Waals surface area contributed by atoms with Crippen LogP contribution in [0.15, 0.2) is 0 Å². The number of ether oxygens (including phenoxy) is 2. The van der Waals surface area contributed by atoms with Crippen LogP contribution in [0.5, 0.6) is 0 Å². The monoisotopic (exact) mass is 278 g/mol. The molecule has 0 atom stereocenters. The number of carbonyl (C=O) groups excluding carboxylic acids is 1. The number of rotatable bonds is 8. The van der Waals surface area contributed by atoms with Gasteiger partial charge in [-0.3, -0.25) is 4.79 Å². The predicted octanol–water partition coefficient (Wildman–Crippen LogP) is 1.17. The Bertz CT molecular complexity index is 381. The SMILES string of the molecule is COC(=O)CC1(CS(=O)(=O)CCOC(C)C)CC1. The van der Waals surface area contributed by atoms with E-state index in [-0.39, 0.29) is 42.0 Å². The van der Waals surface area contributed by atoms with Gasteiger partial charge in [0, 0.05) is 0 Å². The Morgan fingerprint density at radius 3 is 2.39 bits per heavy atom. The number of hydrogen-bond donors (Lipinski definition) is 0. The third-order valence-corrected chi connectivity index (χ3v) is 4.92. The largest absolute Gasteiger partial charge is 0.469 e. The topological polar surface area (TPSA) is 69.7 Å². The summed E-state index contributed by atoms with van der Waals surface area (Å²) in [6.45, 7) is 3.95. The zero-order chi connectivity index (χ0) is 13.8. The molecule has 1 fully saturated rings. The molecule has 0 bridgehead atoms. The lowest BCUT2D eigenvalue weighted by Gasteiger charge is -2.14. The highest BCUT2D eigenvalue weighted by Gasteiger charge is 2.47. The molecule has 106 valence electrons. The van der Waals surface area contributed by atoms with Gasteiger partial charge >= 0.3 is 5.97 Å². The molecule has 18 heavy (non-hydrogen) atoms. The molecule has 1 rings (SSSR count). The summed E-state index contributed by atoms with van der Waals surface area (Å²) in [5.41, 5.74) is -0.371. The summed E-state index contributed by atoms with van der Waals surface area (Å²) in [7, 11) is -1.84. The summed E-state index contributed by atoms with van der Waals surface area (Å²) in [5.74, 6) is -0.244. The Balaban J connectivity index is 2.43. The summed E-state index contributed by atoms with van der Waals surface area (Å²) in [4.78, 5) is 11.2. The number of carbonyl (C=O) groups is 1. The fourth-order valence-electron chi connectivity index (χ4n) is 1.88. The van der Waals surface area contributed by atoms with Crippen molar-refractivity contribution in [3.05, 3.63) is 0 Å². The maximum atomic E-state index is 11.9. The Labute approximate surface area is 109 Å². The Morgan fingerprint density at radius 2 is 1.94 bits per heavy atom. The van der Waals surface area contributed by atoms with Crippen molar-refractivity contribution >= 4 is 15.8 Å². The van der Waals surface area contributed by atoms with Crippen molar-refractivity contribution in [1.82, 2.24) is 0 Å². The van der Waals surface area contributed by atoms with Gasteiger partial charge in [0.1, 0.15) is 0 Å². The highest BCUT2D eigenvalue weighted by atomic mass is 32.2. The minimum atomic E-state index is -3.16. The fourth-order valence-corrected chi connectivity index (χ4v) is 3.69. The zero-order valence-corrected chi connectivity index (χ0v) is 12.1. The molecule has 1 aliphatic carbocycles. The van der Waals surface area contributed by atoms with E-state index >= 15 is 0 Å². The van der Waals surface area contributed by atoms with Crippen LogP contribution in [-0.2, 0) is 24.1 Å². The molecule has 1 saturated carbocycles. The quantitative estimate of drug-likeness (QED) is 0.623. The number of methoxy groups -OCH3 is 1. The van der Waals surface area contributed by atoms with Crippen LogP contribution in [0.1, 0.15) is 33.1 Å². The lowest BCUT2D eigenvalue weighted by molar-refractivity contribution is -0.141. The molecule has 0 heterocycles. The van der Waals surface area contributed by atoms with Crippen LogP contribution in [0.2, 0.25) is 0 Å². The molecule has 1 aliphatic rings. The van der Waals surface area contributed by atoms with E-state index in [9.17, 15) is 13.2 Å². The highest BCUT2D eigenvalue weighted by molar-refractivity contribution is 7.91. The first kappa shape index (κ1) is 15.4. The lowest BCUT2D eigenvalue weighted by atomic mass is 10.1. The van der Waals surface area contributed by atoms with E-state index in [0.717, 1.165) is 12.8 Å². The molecular formula is C12H22O5S. The van der Waals surface area contributed by atoms with E-state index in [0.29, 0.717) is 0 Å². The van der Waals surface area contributed by atoms with Crippen LogP contribution in [0, 0.1) is 5.41 Å². The second kappa shape index (κ2) is 6.02. The molecule has 0 saturated heterocycles. The zero-order valence-electron chi connectivity index (χ0n) is 11.3. The molecule has 0 radical (unpaired) electrons.